The Bertz CT molecular complexity index is 1140. The minimum absolute atomic E-state index is 0.308. The van der Waals surface area contributed by atoms with Crippen LogP contribution in [0, 0.1) is 17.8 Å². The molecule has 2 aromatic heterocycles. The Morgan fingerprint density at radius 1 is 1.07 bits per heavy atom. The number of sulfone groups is 1. The molecule has 0 radical (unpaired) electrons. The summed E-state index contributed by atoms with van der Waals surface area (Å²) in [5, 5.41) is 8.54. The second-order valence-electron chi connectivity index (χ2n) is 8.26. The van der Waals surface area contributed by atoms with Crippen molar-refractivity contribution in [1.82, 2.24) is 25.0 Å². The van der Waals surface area contributed by atoms with Crippen LogP contribution < -0.4 is 4.90 Å². The van der Waals surface area contributed by atoms with E-state index < -0.39 is 9.84 Å². The van der Waals surface area contributed by atoms with Gasteiger partial charge in [0.15, 0.2) is 9.84 Å². The zero-order valence-electron chi connectivity index (χ0n) is 17.0. The number of hydrogen-bond acceptors (Lipinski definition) is 7. The highest BCUT2D eigenvalue weighted by molar-refractivity contribution is 7.90. The van der Waals surface area contributed by atoms with Crippen LogP contribution >= 0.6 is 0 Å². The molecule has 1 aromatic carbocycles. The number of nitrogens with zero attached hydrogens (tertiary/aromatic N) is 6. The first-order valence-electron chi connectivity index (χ1n) is 10.2. The molecule has 1 aliphatic heterocycles. The van der Waals surface area contributed by atoms with E-state index in [0.29, 0.717) is 22.6 Å². The van der Waals surface area contributed by atoms with E-state index in [4.69, 9.17) is 0 Å². The summed E-state index contributed by atoms with van der Waals surface area (Å²) in [6.45, 7) is 4.95. The van der Waals surface area contributed by atoms with E-state index in [1.54, 1.807) is 24.3 Å². The second-order valence-corrected chi connectivity index (χ2v) is 10.3. The summed E-state index contributed by atoms with van der Waals surface area (Å²) in [6.07, 6.45) is 7.94. The summed E-state index contributed by atoms with van der Waals surface area (Å²) in [6, 6.07) is 6.77. The normalized spacial score (nSPS) is 22.9. The van der Waals surface area contributed by atoms with Crippen molar-refractivity contribution in [3.05, 3.63) is 48.4 Å². The lowest BCUT2D eigenvalue weighted by molar-refractivity contribution is 0.486. The van der Waals surface area contributed by atoms with E-state index in [-0.39, 0.29) is 0 Å². The van der Waals surface area contributed by atoms with Gasteiger partial charge in [-0.05, 0) is 41.9 Å². The average molecular weight is 425 g/mol. The average Bonchev–Trinajstić information content (AvgIpc) is 3.11. The molecule has 3 atom stereocenters. The van der Waals surface area contributed by atoms with Crippen LogP contribution in [0.3, 0.4) is 0 Å². The van der Waals surface area contributed by atoms with Gasteiger partial charge in [0.1, 0.15) is 5.69 Å². The molecule has 3 heterocycles. The molecule has 3 aromatic rings. The van der Waals surface area contributed by atoms with Crippen molar-refractivity contribution in [2.24, 2.45) is 17.8 Å². The maximum atomic E-state index is 11.6. The molecular formula is C21H24N6O2S. The van der Waals surface area contributed by atoms with Gasteiger partial charge in [-0.1, -0.05) is 24.3 Å². The zero-order valence-corrected chi connectivity index (χ0v) is 17.8. The smallest absolute Gasteiger partial charge is 0.225 e. The van der Waals surface area contributed by atoms with Crippen LogP contribution in [0.1, 0.15) is 12.5 Å². The van der Waals surface area contributed by atoms with Gasteiger partial charge in [-0.2, -0.15) is 0 Å². The molecule has 9 heteroatoms. The highest BCUT2D eigenvalue weighted by Gasteiger charge is 2.56. The van der Waals surface area contributed by atoms with Crippen molar-refractivity contribution in [3.8, 4) is 11.3 Å². The largest absolute Gasteiger partial charge is 0.340 e. The number of rotatable bonds is 6. The first-order chi connectivity index (χ1) is 14.4. The Hall–Kier alpha value is -2.81. The van der Waals surface area contributed by atoms with Gasteiger partial charge in [0, 0.05) is 43.8 Å². The SMILES string of the molecule is CCc1cnc(N2C[C@@H]3C(Cn4cc(-c5ccc(S(C)(=O)=O)cc5)nn4)[C@@H]3C2)nc1. The van der Waals surface area contributed by atoms with E-state index in [1.165, 1.54) is 6.26 Å². The first-order valence-corrected chi connectivity index (χ1v) is 12.1. The molecule has 156 valence electrons. The third kappa shape index (κ3) is 3.58. The number of fused-ring (bicyclic) bond motifs is 1. The summed E-state index contributed by atoms with van der Waals surface area (Å²) < 4.78 is 25.1. The van der Waals surface area contributed by atoms with E-state index in [0.717, 1.165) is 48.8 Å². The Morgan fingerprint density at radius 2 is 1.73 bits per heavy atom. The molecule has 1 aliphatic carbocycles. The lowest BCUT2D eigenvalue weighted by Gasteiger charge is -2.19. The Balaban J connectivity index is 1.19. The van der Waals surface area contributed by atoms with E-state index in [1.807, 2.05) is 23.3 Å². The third-order valence-corrected chi connectivity index (χ3v) is 7.40. The van der Waals surface area contributed by atoms with Gasteiger partial charge in [0.25, 0.3) is 0 Å². The molecule has 5 rings (SSSR count). The minimum atomic E-state index is -3.20. The summed E-state index contributed by atoms with van der Waals surface area (Å²) in [7, 11) is -3.20. The Morgan fingerprint density at radius 3 is 2.33 bits per heavy atom. The van der Waals surface area contributed by atoms with Gasteiger partial charge in [0.2, 0.25) is 5.95 Å². The number of aromatic nitrogens is 5. The molecular weight excluding hydrogens is 400 g/mol. The predicted molar refractivity (Wildman–Crippen MR) is 113 cm³/mol. The lowest BCUT2D eigenvalue weighted by Crippen LogP contribution is -2.26. The maximum absolute atomic E-state index is 11.6. The molecule has 0 N–H and O–H groups in total. The van der Waals surface area contributed by atoms with Crippen LogP contribution in [-0.4, -0.2) is 52.7 Å². The number of benzene rings is 1. The lowest BCUT2D eigenvalue weighted by atomic mass is 10.2. The predicted octanol–water partition coefficient (Wildman–Crippen LogP) is 2.08. The molecule has 2 fully saturated rings. The second kappa shape index (κ2) is 7.16. The van der Waals surface area contributed by atoms with Crippen molar-refractivity contribution in [2.45, 2.75) is 24.8 Å². The van der Waals surface area contributed by atoms with Crippen LogP contribution in [-0.2, 0) is 22.8 Å². The monoisotopic (exact) mass is 424 g/mol. The standard InChI is InChI=1S/C21H24N6O2S/c1-3-14-8-22-21(23-9-14)26-10-17-18(11-26)19(17)12-27-13-20(24-25-27)15-4-6-16(7-5-15)30(2,28)29/h4-9,13,17-19H,3,10-12H2,1-2H3/t17-,18+,19?. The Labute approximate surface area is 175 Å². The molecule has 8 nitrogen and oxygen atoms in total. The van der Waals surface area contributed by atoms with E-state index in [2.05, 4.69) is 32.1 Å². The third-order valence-electron chi connectivity index (χ3n) is 6.27. The van der Waals surface area contributed by atoms with Crippen LogP contribution in [0.4, 0.5) is 5.95 Å². The van der Waals surface area contributed by atoms with Crippen LogP contribution in [0.5, 0.6) is 0 Å². The van der Waals surface area contributed by atoms with Crippen molar-refractivity contribution in [3.63, 3.8) is 0 Å². The number of piperidine rings is 1. The fourth-order valence-electron chi connectivity index (χ4n) is 4.39. The van der Waals surface area contributed by atoms with Crippen LogP contribution in [0.15, 0.2) is 47.8 Å². The highest BCUT2D eigenvalue weighted by Crippen LogP contribution is 2.52. The number of aryl methyl sites for hydroxylation is 1. The summed E-state index contributed by atoms with van der Waals surface area (Å²) >= 11 is 0. The number of anilines is 1. The van der Waals surface area contributed by atoms with Gasteiger partial charge in [-0.15, -0.1) is 5.10 Å². The van der Waals surface area contributed by atoms with Crippen LogP contribution in [0.25, 0.3) is 11.3 Å². The summed E-state index contributed by atoms with van der Waals surface area (Å²) in [5.41, 5.74) is 2.78. The minimum Gasteiger partial charge on any atom is -0.340 e. The fraction of sp³-hybridized carbons (Fsp3) is 0.429. The van der Waals surface area contributed by atoms with Gasteiger partial charge in [-0.3, -0.25) is 4.68 Å². The van der Waals surface area contributed by atoms with Crippen molar-refractivity contribution >= 4 is 15.8 Å². The molecule has 1 saturated heterocycles. The van der Waals surface area contributed by atoms with Gasteiger partial charge >= 0.3 is 0 Å². The zero-order chi connectivity index (χ0) is 20.9. The quantitative estimate of drug-likeness (QED) is 0.598. The molecule has 1 saturated carbocycles. The molecule has 1 unspecified atom stereocenters. The molecule has 0 spiro atoms. The highest BCUT2D eigenvalue weighted by atomic mass is 32.2. The molecule has 0 amide bonds. The molecule has 2 aliphatic rings. The summed E-state index contributed by atoms with van der Waals surface area (Å²) in [5.74, 6) is 2.75. The molecule has 0 bridgehead atoms. The van der Waals surface area contributed by atoms with Gasteiger partial charge in [0.05, 0.1) is 11.1 Å². The van der Waals surface area contributed by atoms with Crippen LogP contribution in [0.2, 0.25) is 0 Å². The summed E-state index contributed by atoms with van der Waals surface area (Å²) in [4.78, 5) is 11.6. The maximum Gasteiger partial charge on any atom is 0.225 e. The van der Waals surface area contributed by atoms with Crippen molar-refractivity contribution in [1.29, 1.82) is 0 Å². The van der Waals surface area contributed by atoms with Gasteiger partial charge in [-0.25, -0.2) is 18.4 Å². The first kappa shape index (κ1) is 19.2. The van der Waals surface area contributed by atoms with E-state index in [9.17, 15) is 8.42 Å². The topological polar surface area (TPSA) is 93.9 Å². The van der Waals surface area contributed by atoms with E-state index >= 15 is 0 Å². The fourth-order valence-corrected chi connectivity index (χ4v) is 5.02. The number of hydrogen-bond donors (Lipinski definition) is 0. The van der Waals surface area contributed by atoms with Crippen molar-refractivity contribution < 1.29 is 8.42 Å². The van der Waals surface area contributed by atoms with Crippen molar-refractivity contribution in [2.75, 3.05) is 24.2 Å². The van der Waals surface area contributed by atoms with Gasteiger partial charge < -0.3 is 4.90 Å². The Kier molecular flexibility index (Phi) is 4.57. The molecule has 30 heavy (non-hydrogen) atoms.